The van der Waals surface area contributed by atoms with Crippen LogP contribution in [-0.4, -0.2) is 156 Å². The molecule has 0 aliphatic carbocycles. The number of nitrogens with two attached hydrogens (primary N) is 3. The maximum Gasteiger partial charge on any atom is 0.251 e. The summed E-state index contributed by atoms with van der Waals surface area (Å²) in [4.78, 5) is 191. The Morgan fingerprint density at radius 3 is 1.84 bits per heavy atom. The first-order valence-corrected chi connectivity index (χ1v) is 32.5. The first-order chi connectivity index (χ1) is 45.7. The second-order valence-electron chi connectivity index (χ2n) is 25.3. The van der Waals surface area contributed by atoms with Crippen LogP contribution in [-0.2, 0) is 60.8 Å². The van der Waals surface area contributed by atoms with Crippen molar-refractivity contribution >= 4 is 98.5 Å². The van der Waals surface area contributed by atoms with Gasteiger partial charge < -0.3 is 80.7 Å². The summed E-state index contributed by atoms with van der Waals surface area (Å²) in [5, 5.41) is 31.7. The van der Waals surface area contributed by atoms with E-state index in [1.807, 2.05) is 36.4 Å². The molecule has 5 aromatic rings. The van der Waals surface area contributed by atoms with E-state index in [-0.39, 0.29) is 74.2 Å². The van der Waals surface area contributed by atoms with E-state index in [0.717, 1.165) is 29.0 Å². The SMILES string of the molecule is CC[C@H](C)[C@@H]1NC(=O)c2cc3cc(c2)C(=O)NC[C@@H](C(=O)N[C@@H](CCCCN)C(N)=O)NC(=O)[C@H](Cc2c[nH]c4ccccc24)NC(=O)[C@@H](Cc2ccc4ccccc4c2)NC(=O)[C@@H](C(C)C)NC(=O)[C@H](CCCNC3=O)NC(=O)[C@@H](CC(N)=O)NC(=O)[C@@H](CC(C)C)NC1=O. The minimum atomic E-state index is -1.76. The molecule has 2 aliphatic rings. The summed E-state index contributed by atoms with van der Waals surface area (Å²) in [5.74, 6) is -14.0. The first kappa shape index (κ1) is 73.2. The lowest BCUT2D eigenvalue weighted by atomic mass is 9.95. The van der Waals surface area contributed by atoms with Gasteiger partial charge in [-0.25, -0.2) is 0 Å². The quantitative estimate of drug-likeness (QED) is 0.0525. The zero-order chi connectivity index (χ0) is 69.9. The third-order valence-corrected chi connectivity index (χ3v) is 17.0. The Kier molecular flexibility index (Phi) is 26.1. The van der Waals surface area contributed by atoms with Crippen LogP contribution in [0.3, 0.4) is 0 Å². The molecule has 28 nitrogen and oxygen atoms in total. The molecule has 4 bridgehead atoms. The Hall–Kier alpha value is -10.2. The molecule has 0 fully saturated rings. The number of nitrogens with one attached hydrogen (secondary N) is 12. The molecule has 96 heavy (non-hydrogen) atoms. The van der Waals surface area contributed by atoms with Crippen molar-refractivity contribution in [3.8, 4) is 0 Å². The van der Waals surface area contributed by atoms with Crippen LogP contribution in [0.1, 0.15) is 135 Å². The Balaban J connectivity index is 1.40. The normalized spacial score (nSPS) is 22.4. The van der Waals surface area contributed by atoms with Gasteiger partial charge in [0.25, 0.3) is 17.7 Å². The number of H-pyrrole nitrogens is 1. The van der Waals surface area contributed by atoms with E-state index in [1.165, 1.54) is 0 Å². The van der Waals surface area contributed by atoms with Crippen molar-refractivity contribution in [3.63, 3.8) is 0 Å². The Labute approximate surface area is 555 Å². The van der Waals surface area contributed by atoms with Gasteiger partial charge in [0.05, 0.1) is 6.42 Å². The Bertz CT molecular complexity index is 3720. The van der Waals surface area contributed by atoms with Gasteiger partial charge in [-0.2, -0.15) is 0 Å². The molecule has 3 heterocycles. The fraction of sp³-hybridized carbons (Fsp3) is 0.456. The van der Waals surface area contributed by atoms with E-state index < -0.39 is 156 Å². The standard InChI is InChI=1S/C68H89N15O13/c1-7-37(6)56-68(96)79-49(25-35(2)3)62(90)78-52(32-54(70)84)65(93)76-48-20-14-24-72-58(86)41-28-42(30-43(29-41)60(88)83-56)59(87)74-34-53(66(94)75-47(57(71)85)19-12-13-23-69)81-64(92)51(31-44-33-73-46-18-11-10-17-45(44)46)77-63(91)50(80-67(95)55(36(4)5)82-61(48)89)27-38-21-22-39-15-8-9-16-40(39)26-38/h8-11,15-18,21-22,26,28-30,33,35-37,47-53,55-56,73H,7,12-14,19-20,23-25,27,31-32,34,69H2,1-6H3,(H2,70,84)(H2,71,85)(H,72,86)(H,74,87)(H,75,94)(H,76,93)(H,77,91)(H,78,90)(H,79,96)(H,80,95)(H,81,92)(H,82,89)(H,83,88)/t37-,47-,48-,49+,50+,51-,52+,53-,55+,56-/m0/s1. The Morgan fingerprint density at radius 2 is 1.18 bits per heavy atom. The van der Waals surface area contributed by atoms with Crippen molar-refractivity contribution in [2.45, 2.75) is 160 Å². The van der Waals surface area contributed by atoms with Gasteiger partial charge in [0.1, 0.15) is 54.4 Å². The topological polar surface area (TPSA) is 448 Å². The zero-order valence-corrected chi connectivity index (χ0v) is 54.8. The summed E-state index contributed by atoms with van der Waals surface area (Å²) in [5.41, 5.74) is 18.0. The number of rotatable bonds is 18. The van der Waals surface area contributed by atoms with Crippen molar-refractivity contribution in [1.82, 2.24) is 63.5 Å². The average molecular weight is 1320 g/mol. The van der Waals surface area contributed by atoms with Crippen molar-refractivity contribution in [2.75, 3.05) is 19.6 Å². The molecule has 7 rings (SSSR count). The van der Waals surface area contributed by atoms with Gasteiger partial charge in [-0.05, 0) is 109 Å². The number of fused-ring (bicyclic) bond motifs is 9. The predicted octanol–water partition coefficient (Wildman–Crippen LogP) is 0.288. The summed E-state index contributed by atoms with van der Waals surface area (Å²) in [7, 11) is 0. The minimum Gasteiger partial charge on any atom is -0.370 e. The van der Waals surface area contributed by atoms with E-state index in [4.69, 9.17) is 17.2 Å². The highest BCUT2D eigenvalue weighted by Crippen LogP contribution is 2.22. The highest BCUT2D eigenvalue weighted by Gasteiger charge is 2.38. The van der Waals surface area contributed by atoms with Crippen LogP contribution in [0.5, 0.6) is 0 Å². The third-order valence-electron chi connectivity index (χ3n) is 17.0. The molecule has 0 saturated carbocycles. The highest BCUT2D eigenvalue weighted by atomic mass is 16.2. The maximum absolute atomic E-state index is 15.3. The number of benzene rings is 4. The van der Waals surface area contributed by atoms with Crippen LogP contribution in [0.25, 0.3) is 21.7 Å². The van der Waals surface area contributed by atoms with Gasteiger partial charge in [0, 0.05) is 59.7 Å². The van der Waals surface area contributed by atoms with Crippen molar-refractivity contribution < 1.29 is 62.3 Å². The number of unbranched alkanes of at least 4 members (excludes halogenated alkanes) is 1. The van der Waals surface area contributed by atoms with Crippen molar-refractivity contribution in [1.29, 1.82) is 0 Å². The number of para-hydroxylation sites is 1. The predicted molar refractivity (Wildman–Crippen MR) is 356 cm³/mol. The molecule has 0 spiro atoms. The van der Waals surface area contributed by atoms with E-state index in [1.54, 1.807) is 78.1 Å². The third kappa shape index (κ3) is 20.1. The lowest BCUT2D eigenvalue weighted by molar-refractivity contribution is -0.137. The number of amides is 13. The first-order valence-electron chi connectivity index (χ1n) is 32.5. The number of carbonyl (C=O) groups excluding carboxylic acids is 13. The minimum absolute atomic E-state index is 0.0218. The van der Waals surface area contributed by atoms with Gasteiger partial charge in [-0.1, -0.05) is 109 Å². The average Bonchev–Trinajstić information content (AvgIpc) is 1.58. The van der Waals surface area contributed by atoms with E-state index in [9.17, 15) is 47.9 Å². The maximum atomic E-state index is 15.3. The lowest BCUT2D eigenvalue weighted by Gasteiger charge is -2.30. The monoisotopic (exact) mass is 1320 g/mol. The van der Waals surface area contributed by atoms with E-state index in [0.29, 0.717) is 41.3 Å². The molecular weight excluding hydrogens is 1230 g/mol. The van der Waals surface area contributed by atoms with Gasteiger partial charge in [0.15, 0.2) is 0 Å². The van der Waals surface area contributed by atoms with Crippen LogP contribution >= 0.6 is 0 Å². The zero-order valence-electron chi connectivity index (χ0n) is 54.8. The smallest absolute Gasteiger partial charge is 0.251 e. The number of carbonyl (C=O) groups is 13. The van der Waals surface area contributed by atoms with Crippen molar-refractivity contribution in [2.24, 2.45) is 35.0 Å². The van der Waals surface area contributed by atoms with Crippen molar-refractivity contribution in [3.05, 3.63) is 119 Å². The van der Waals surface area contributed by atoms with E-state index in [2.05, 4.69) is 63.5 Å². The summed E-state index contributed by atoms with van der Waals surface area (Å²) >= 11 is 0. The van der Waals surface area contributed by atoms with Gasteiger partial charge >= 0.3 is 0 Å². The molecule has 514 valence electrons. The van der Waals surface area contributed by atoms with Crippen LogP contribution < -0.4 is 75.7 Å². The second-order valence-corrected chi connectivity index (χ2v) is 25.3. The molecule has 2 aliphatic heterocycles. The van der Waals surface area contributed by atoms with Gasteiger partial charge in [-0.15, -0.1) is 0 Å². The second kappa shape index (κ2) is 34.2. The number of hydrogen-bond donors (Lipinski definition) is 15. The van der Waals surface area contributed by atoms with Gasteiger partial charge in [-0.3, -0.25) is 62.3 Å². The molecule has 28 heteroatoms. The number of primary amides is 2. The van der Waals surface area contributed by atoms with E-state index >= 15 is 14.4 Å². The Morgan fingerprint density at radius 1 is 0.583 bits per heavy atom. The highest BCUT2D eigenvalue weighted by molar-refractivity contribution is 6.06. The molecule has 18 N–H and O–H groups in total. The summed E-state index contributed by atoms with van der Waals surface area (Å²) in [6, 6.07) is 9.67. The molecule has 0 unspecified atom stereocenters. The molecule has 10 atom stereocenters. The summed E-state index contributed by atoms with van der Waals surface area (Å²) < 4.78 is 0. The fourth-order valence-electron chi connectivity index (χ4n) is 11.4. The molecule has 4 aromatic carbocycles. The fourth-order valence-corrected chi connectivity index (χ4v) is 11.4. The molecule has 0 saturated heterocycles. The summed E-state index contributed by atoms with van der Waals surface area (Å²) in [6.07, 6.45) is 1.18. The van der Waals surface area contributed by atoms with Crippen LogP contribution in [0, 0.1) is 17.8 Å². The van der Waals surface area contributed by atoms with Crippen LogP contribution in [0.15, 0.2) is 91.1 Å². The van der Waals surface area contributed by atoms with Crippen LogP contribution in [0.4, 0.5) is 0 Å². The van der Waals surface area contributed by atoms with Crippen LogP contribution in [0.2, 0.25) is 0 Å². The molecule has 0 radical (unpaired) electrons. The van der Waals surface area contributed by atoms with Gasteiger partial charge in [0.2, 0.25) is 59.1 Å². The summed E-state index contributed by atoms with van der Waals surface area (Å²) in [6.45, 7) is 9.44. The largest absolute Gasteiger partial charge is 0.370 e. The number of aromatic nitrogens is 1. The number of hydrogen-bond acceptors (Lipinski definition) is 14. The lowest BCUT2D eigenvalue weighted by Crippen LogP contribution is -2.62. The molecule has 13 amide bonds. The number of aromatic amines is 1. The molecular formula is C68H89N15O13. The molecule has 1 aromatic heterocycles.